The Morgan fingerprint density at radius 3 is 2.85 bits per heavy atom. The topological polar surface area (TPSA) is 29.1 Å². The van der Waals surface area contributed by atoms with Crippen LogP contribution in [0.4, 0.5) is 0 Å². The summed E-state index contributed by atoms with van der Waals surface area (Å²) < 4.78 is 0. The van der Waals surface area contributed by atoms with Crippen LogP contribution >= 0.6 is 11.6 Å². The van der Waals surface area contributed by atoms with Gasteiger partial charge < -0.3 is 5.32 Å². The van der Waals surface area contributed by atoms with Gasteiger partial charge in [0.2, 0.25) is 5.91 Å². The third-order valence-corrected chi connectivity index (χ3v) is 6.10. The van der Waals surface area contributed by atoms with Crippen LogP contribution in [0.15, 0.2) is 24.3 Å². The smallest absolute Gasteiger partial charge is 0.224 e. The predicted octanol–water partition coefficient (Wildman–Crippen LogP) is 3.24. The molecule has 2 fully saturated rings. The number of benzene rings is 1. The van der Waals surface area contributed by atoms with Gasteiger partial charge >= 0.3 is 0 Å². The van der Waals surface area contributed by atoms with E-state index in [1.165, 1.54) is 17.5 Å². The van der Waals surface area contributed by atoms with Crippen molar-refractivity contribution in [3.63, 3.8) is 0 Å². The zero-order chi connectivity index (χ0) is 13.7. The Morgan fingerprint density at radius 2 is 2.15 bits per heavy atom. The summed E-state index contributed by atoms with van der Waals surface area (Å²) in [6, 6.07) is 8.62. The van der Waals surface area contributed by atoms with E-state index in [9.17, 15) is 4.79 Å². The van der Waals surface area contributed by atoms with Gasteiger partial charge in [0.05, 0.1) is 5.54 Å². The van der Waals surface area contributed by atoms with E-state index in [0.29, 0.717) is 17.7 Å². The number of alkyl halides is 1. The first-order valence-corrected chi connectivity index (χ1v) is 8.23. The van der Waals surface area contributed by atoms with Gasteiger partial charge in [0.1, 0.15) is 0 Å². The Kier molecular flexibility index (Phi) is 2.85. The third-order valence-electron chi connectivity index (χ3n) is 5.59. The van der Waals surface area contributed by atoms with Crippen LogP contribution in [0.1, 0.15) is 42.7 Å². The second-order valence-electron chi connectivity index (χ2n) is 6.71. The van der Waals surface area contributed by atoms with Crippen molar-refractivity contribution < 1.29 is 4.79 Å². The van der Waals surface area contributed by atoms with Crippen molar-refractivity contribution in [1.82, 2.24) is 5.32 Å². The van der Waals surface area contributed by atoms with Gasteiger partial charge in [-0.05, 0) is 55.1 Å². The monoisotopic (exact) mass is 289 g/mol. The van der Waals surface area contributed by atoms with Gasteiger partial charge in [-0.2, -0.15) is 0 Å². The maximum absolute atomic E-state index is 12.6. The van der Waals surface area contributed by atoms with E-state index < -0.39 is 0 Å². The second kappa shape index (κ2) is 4.49. The Balaban J connectivity index is 1.51. The van der Waals surface area contributed by atoms with Crippen molar-refractivity contribution in [1.29, 1.82) is 0 Å². The molecular formula is C17H20ClNO. The zero-order valence-corrected chi connectivity index (χ0v) is 12.3. The van der Waals surface area contributed by atoms with E-state index in [2.05, 4.69) is 29.6 Å². The van der Waals surface area contributed by atoms with Crippen LogP contribution in [0.5, 0.6) is 0 Å². The summed E-state index contributed by atoms with van der Waals surface area (Å²) in [6.07, 6.45) is 5.56. The maximum atomic E-state index is 12.6. The molecule has 0 radical (unpaired) electrons. The van der Waals surface area contributed by atoms with Gasteiger partial charge in [-0.15, -0.1) is 11.6 Å². The van der Waals surface area contributed by atoms with Crippen molar-refractivity contribution in [3.05, 3.63) is 35.4 Å². The summed E-state index contributed by atoms with van der Waals surface area (Å²) in [6.45, 7) is 0. The highest BCUT2D eigenvalue weighted by molar-refractivity contribution is 6.19. The molecule has 1 aromatic rings. The molecule has 2 saturated carbocycles. The summed E-state index contributed by atoms with van der Waals surface area (Å²) >= 11 is 6.05. The van der Waals surface area contributed by atoms with E-state index >= 15 is 0 Å². The lowest BCUT2D eigenvalue weighted by molar-refractivity contribution is -0.125. The maximum Gasteiger partial charge on any atom is 0.224 e. The number of hydrogen-bond donors (Lipinski definition) is 1. The normalized spacial score (nSPS) is 32.5. The molecule has 0 spiro atoms. The van der Waals surface area contributed by atoms with Gasteiger partial charge in [0.25, 0.3) is 0 Å². The van der Waals surface area contributed by atoms with Crippen LogP contribution in [0, 0.1) is 11.8 Å². The van der Waals surface area contributed by atoms with E-state index in [4.69, 9.17) is 11.6 Å². The van der Waals surface area contributed by atoms with Crippen molar-refractivity contribution in [2.24, 2.45) is 11.8 Å². The third kappa shape index (κ3) is 1.81. The van der Waals surface area contributed by atoms with Crippen LogP contribution in [-0.2, 0) is 11.2 Å². The molecule has 1 amide bonds. The fraction of sp³-hybridized carbons (Fsp3) is 0.588. The Morgan fingerprint density at radius 1 is 1.35 bits per heavy atom. The first-order valence-electron chi connectivity index (χ1n) is 7.70. The average Bonchev–Trinajstić information content (AvgIpc) is 3.17. The lowest BCUT2D eigenvalue weighted by Gasteiger charge is -2.41. The second-order valence-corrected chi connectivity index (χ2v) is 6.98. The van der Waals surface area contributed by atoms with Gasteiger partial charge in [-0.25, -0.2) is 0 Å². The fourth-order valence-corrected chi connectivity index (χ4v) is 4.50. The van der Waals surface area contributed by atoms with Gasteiger partial charge in [0, 0.05) is 11.8 Å². The number of aryl methyl sites for hydroxylation is 1. The summed E-state index contributed by atoms with van der Waals surface area (Å²) in [4.78, 5) is 12.6. The molecule has 4 rings (SSSR count). The number of fused-ring (bicyclic) bond motifs is 3. The highest BCUT2D eigenvalue weighted by Gasteiger charge is 2.58. The van der Waals surface area contributed by atoms with Gasteiger partial charge in [-0.1, -0.05) is 24.3 Å². The molecule has 0 heterocycles. The molecule has 3 unspecified atom stereocenters. The number of amides is 1. The van der Waals surface area contributed by atoms with E-state index in [1.807, 2.05) is 0 Å². The number of halogens is 1. The Labute approximate surface area is 124 Å². The number of carbonyl (C=O) groups excluding carboxylic acids is 1. The number of nitrogens with one attached hydrogen (secondary N) is 1. The summed E-state index contributed by atoms with van der Waals surface area (Å²) in [5.41, 5.74) is 2.77. The first kappa shape index (κ1) is 12.7. The van der Waals surface area contributed by atoms with Gasteiger partial charge in [-0.3, -0.25) is 4.79 Å². The van der Waals surface area contributed by atoms with Crippen LogP contribution in [0.2, 0.25) is 0 Å². The molecule has 0 aliphatic heterocycles. The zero-order valence-electron chi connectivity index (χ0n) is 11.6. The number of carbonyl (C=O) groups is 1. The van der Waals surface area contributed by atoms with Crippen molar-refractivity contribution in [3.8, 4) is 0 Å². The van der Waals surface area contributed by atoms with Crippen molar-refractivity contribution in [2.75, 3.05) is 5.88 Å². The SMILES string of the molecule is O=C(NC1(CCl)CCC1)C1C2CCc3ccccc3C21. The standard InChI is InChI=1S/C17H20ClNO/c18-10-17(8-3-9-17)19-16(20)15-13-7-6-11-4-1-2-5-12(11)14(13)15/h1-2,4-5,13-15H,3,6-10H2,(H,19,20). The molecule has 3 heteroatoms. The molecular weight excluding hydrogens is 270 g/mol. The minimum absolute atomic E-state index is 0.0934. The lowest BCUT2D eigenvalue weighted by atomic mass is 9.78. The Hall–Kier alpha value is -1.02. The largest absolute Gasteiger partial charge is 0.349 e. The van der Waals surface area contributed by atoms with Crippen LogP contribution in [0.3, 0.4) is 0 Å². The number of hydrogen-bond acceptors (Lipinski definition) is 1. The van der Waals surface area contributed by atoms with Crippen LogP contribution < -0.4 is 5.32 Å². The summed E-state index contributed by atoms with van der Waals surface area (Å²) in [5.74, 6) is 2.03. The van der Waals surface area contributed by atoms with Crippen molar-refractivity contribution in [2.45, 2.75) is 43.6 Å². The number of rotatable bonds is 3. The minimum atomic E-state index is -0.0934. The molecule has 3 aliphatic rings. The first-order chi connectivity index (χ1) is 9.74. The molecule has 3 aliphatic carbocycles. The molecule has 0 aromatic heterocycles. The molecule has 0 saturated heterocycles. The summed E-state index contributed by atoms with van der Waals surface area (Å²) in [5, 5.41) is 3.26. The predicted molar refractivity (Wildman–Crippen MR) is 79.9 cm³/mol. The average molecular weight is 290 g/mol. The molecule has 1 N–H and O–H groups in total. The molecule has 2 nitrogen and oxygen atoms in total. The van der Waals surface area contributed by atoms with Gasteiger partial charge in [0.15, 0.2) is 0 Å². The highest BCUT2D eigenvalue weighted by atomic mass is 35.5. The van der Waals surface area contributed by atoms with Crippen LogP contribution in [0.25, 0.3) is 0 Å². The van der Waals surface area contributed by atoms with E-state index in [0.717, 1.165) is 25.7 Å². The van der Waals surface area contributed by atoms with E-state index in [-0.39, 0.29) is 17.4 Å². The summed E-state index contributed by atoms with van der Waals surface area (Å²) in [7, 11) is 0. The lowest BCUT2D eigenvalue weighted by Crippen LogP contribution is -2.55. The highest BCUT2D eigenvalue weighted by Crippen LogP contribution is 2.60. The van der Waals surface area contributed by atoms with E-state index in [1.54, 1.807) is 0 Å². The molecule has 106 valence electrons. The minimum Gasteiger partial charge on any atom is -0.349 e. The van der Waals surface area contributed by atoms with Crippen LogP contribution in [-0.4, -0.2) is 17.3 Å². The fourth-order valence-electron chi connectivity index (χ4n) is 4.16. The van der Waals surface area contributed by atoms with Crippen molar-refractivity contribution >= 4 is 17.5 Å². The molecule has 3 atom stereocenters. The quantitative estimate of drug-likeness (QED) is 0.851. The molecule has 20 heavy (non-hydrogen) atoms. The molecule has 0 bridgehead atoms. The Bertz CT molecular complexity index is 546. The molecule has 1 aromatic carbocycles.